The zero-order valence-electron chi connectivity index (χ0n) is 16.1. The summed E-state index contributed by atoms with van der Waals surface area (Å²) in [5.41, 5.74) is 5.59. The number of ether oxygens (including phenoxy) is 2. The molecule has 5 rings (SSSR count). The summed E-state index contributed by atoms with van der Waals surface area (Å²) in [5, 5.41) is 2.84. The fraction of sp³-hybridized carbons (Fsp3) is 0.208. The third kappa shape index (κ3) is 3.76. The molecule has 0 aliphatic carbocycles. The highest BCUT2D eigenvalue weighted by Crippen LogP contribution is 2.32. The molecule has 2 aliphatic rings. The summed E-state index contributed by atoms with van der Waals surface area (Å²) in [5.74, 6) is 1.40. The van der Waals surface area contributed by atoms with Crippen LogP contribution in [0.4, 0.5) is 16.2 Å². The zero-order chi connectivity index (χ0) is 19.6. The van der Waals surface area contributed by atoms with Crippen LogP contribution in [0, 0.1) is 0 Å². The Morgan fingerprint density at radius 3 is 2.79 bits per heavy atom. The summed E-state index contributed by atoms with van der Waals surface area (Å²) in [4.78, 5) is 14.7. The number of carbonyl (C=O) groups excluding carboxylic acids is 1. The molecule has 0 saturated carbocycles. The van der Waals surface area contributed by atoms with Gasteiger partial charge in [-0.15, -0.1) is 0 Å². The number of fused-ring (bicyclic) bond motifs is 2. The van der Waals surface area contributed by atoms with Crippen molar-refractivity contribution in [2.24, 2.45) is 0 Å². The van der Waals surface area contributed by atoms with Crippen LogP contribution in [0.5, 0.6) is 11.5 Å². The molecule has 29 heavy (non-hydrogen) atoms. The van der Waals surface area contributed by atoms with E-state index in [2.05, 4.69) is 40.5 Å². The van der Waals surface area contributed by atoms with Crippen LogP contribution >= 0.6 is 0 Å². The quantitative estimate of drug-likeness (QED) is 0.700. The molecule has 5 heteroatoms. The first kappa shape index (κ1) is 17.6. The molecular weight excluding hydrogens is 364 g/mol. The Hall–Kier alpha value is -3.47. The number of anilines is 2. The SMILES string of the molecule is O=C(Nc1ccc2c(c1)CCN2Cc1ccccc1)Oc1ccc2c(c1)CCO2. The third-order valence-corrected chi connectivity index (χ3v) is 5.41. The summed E-state index contributed by atoms with van der Waals surface area (Å²) in [7, 11) is 0. The summed E-state index contributed by atoms with van der Waals surface area (Å²) in [6, 6.07) is 22.0. The minimum atomic E-state index is -0.483. The maximum Gasteiger partial charge on any atom is 0.417 e. The van der Waals surface area contributed by atoms with Gasteiger partial charge in [0.1, 0.15) is 11.5 Å². The van der Waals surface area contributed by atoms with Crippen LogP contribution in [0.2, 0.25) is 0 Å². The van der Waals surface area contributed by atoms with E-state index in [0.29, 0.717) is 12.4 Å². The Bertz CT molecular complexity index is 1050. The van der Waals surface area contributed by atoms with E-state index in [4.69, 9.17) is 9.47 Å². The molecule has 0 atom stereocenters. The lowest BCUT2D eigenvalue weighted by atomic mass is 10.1. The van der Waals surface area contributed by atoms with Crippen LogP contribution in [0.15, 0.2) is 66.7 Å². The molecule has 0 fully saturated rings. The van der Waals surface area contributed by atoms with Crippen LogP contribution in [0.3, 0.4) is 0 Å². The first-order chi connectivity index (χ1) is 14.2. The van der Waals surface area contributed by atoms with Crippen LogP contribution < -0.4 is 19.7 Å². The molecule has 3 aromatic carbocycles. The Balaban J connectivity index is 1.24. The van der Waals surface area contributed by atoms with Gasteiger partial charge in [0, 0.05) is 36.4 Å². The van der Waals surface area contributed by atoms with Gasteiger partial charge < -0.3 is 14.4 Å². The number of nitrogens with one attached hydrogen (secondary N) is 1. The monoisotopic (exact) mass is 386 g/mol. The lowest BCUT2D eigenvalue weighted by Crippen LogP contribution is -2.19. The van der Waals surface area contributed by atoms with E-state index < -0.39 is 6.09 Å². The molecule has 2 heterocycles. The van der Waals surface area contributed by atoms with Gasteiger partial charge in [0.15, 0.2) is 0 Å². The van der Waals surface area contributed by atoms with Crippen molar-refractivity contribution in [2.45, 2.75) is 19.4 Å². The van der Waals surface area contributed by atoms with Gasteiger partial charge >= 0.3 is 6.09 Å². The predicted octanol–water partition coefficient (Wildman–Crippen LogP) is 4.80. The van der Waals surface area contributed by atoms with Gasteiger partial charge in [-0.05, 0) is 53.9 Å². The van der Waals surface area contributed by atoms with Crippen molar-refractivity contribution in [1.82, 2.24) is 0 Å². The van der Waals surface area contributed by atoms with Crippen molar-refractivity contribution < 1.29 is 14.3 Å². The number of carbonyl (C=O) groups is 1. The lowest BCUT2D eigenvalue weighted by Gasteiger charge is -2.19. The van der Waals surface area contributed by atoms with E-state index in [-0.39, 0.29) is 0 Å². The molecule has 1 amide bonds. The van der Waals surface area contributed by atoms with Crippen molar-refractivity contribution in [2.75, 3.05) is 23.4 Å². The number of hydrogen-bond donors (Lipinski definition) is 1. The highest BCUT2D eigenvalue weighted by molar-refractivity contribution is 5.87. The van der Waals surface area contributed by atoms with Crippen molar-refractivity contribution in [3.05, 3.63) is 83.4 Å². The third-order valence-electron chi connectivity index (χ3n) is 5.41. The molecule has 0 bridgehead atoms. The highest BCUT2D eigenvalue weighted by atomic mass is 16.6. The fourth-order valence-electron chi connectivity index (χ4n) is 3.99. The number of amides is 1. The van der Waals surface area contributed by atoms with Crippen molar-refractivity contribution in [1.29, 1.82) is 0 Å². The van der Waals surface area contributed by atoms with E-state index in [1.807, 2.05) is 30.3 Å². The second-order valence-corrected chi connectivity index (χ2v) is 7.38. The van der Waals surface area contributed by atoms with Gasteiger partial charge in [0.2, 0.25) is 0 Å². The molecule has 3 aromatic rings. The lowest BCUT2D eigenvalue weighted by molar-refractivity contribution is 0.215. The summed E-state index contributed by atoms with van der Waals surface area (Å²) >= 11 is 0. The van der Waals surface area contributed by atoms with Gasteiger partial charge in [0.25, 0.3) is 0 Å². The first-order valence-corrected chi connectivity index (χ1v) is 9.91. The van der Waals surface area contributed by atoms with Crippen molar-refractivity contribution in [3.63, 3.8) is 0 Å². The molecule has 0 unspecified atom stereocenters. The Morgan fingerprint density at radius 2 is 1.90 bits per heavy atom. The number of rotatable bonds is 4. The van der Waals surface area contributed by atoms with Gasteiger partial charge in [-0.3, -0.25) is 5.32 Å². The van der Waals surface area contributed by atoms with Crippen molar-refractivity contribution >= 4 is 17.5 Å². The van der Waals surface area contributed by atoms with Crippen LogP contribution in [0.25, 0.3) is 0 Å². The largest absolute Gasteiger partial charge is 0.493 e. The minimum absolute atomic E-state index is 0.483. The molecule has 0 radical (unpaired) electrons. The normalized spacial score (nSPS) is 14.1. The Morgan fingerprint density at radius 1 is 1.00 bits per heavy atom. The predicted molar refractivity (Wildman–Crippen MR) is 113 cm³/mol. The van der Waals surface area contributed by atoms with Crippen LogP contribution in [-0.2, 0) is 19.4 Å². The number of hydrogen-bond acceptors (Lipinski definition) is 4. The van der Waals surface area contributed by atoms with E-state index in [0.717, 1.165) is 42.9 Å². The van der Waals surface area contributed by atoms with E-state index in [1.54, 1.807) is 6.07 Å². The fourth-order valence-corrected chi connectivity index (χ4v) is 3.99. The van der Waals surface area contributed by atoms with Crippen molar-refractivity contribution in [3.8, 4) is 11.5 Å². The summed E-state index contributed by atoms with van der Waals surface area (Å²) in [6.07, 6.45) is 1.33. The Kier molecular flexibility index (Phi) is 4.56. The van der Waals surface area contributed by atoms with Gasteiger partial charge in [0.05, 0.1) is 6.61 Å². The molecule has 5 nitrogen and oxygen atoms in total. The van der Waals surface area contributed by atoms with Gasteiger partial charge in [-0.2, -0.15) is 0 Å². The molecule has 2 aliphatic heterocycles. The first-order valence-electron chi connectivity index (χ1n) is 9.91. The van der Waals surface area contributed by atoms with Crippen LogP contribution in [-0.4, -0.2) is 19.2 Å². The molecule has 146 valence electrons. The van der Waals surface area contributed by atoms with Crippen LogP contribution in [0.1, 0.15) is 16.7 Å². The molecular formula is C24H22N2O3. The maximum absolute atomic E-state index is 12.3. The smallest absolute Gasteiger partial charge is 0.417 e. The standard InChI is InChI=1S/C24H22N2O3/c27-24(29-21-7-9-23-19(15-21)11-13-28-23)25-20-6-8-22-18(14-20)10-12-26(22)16-17-4-2-1-3-5-17/h1-9,14-15H,10-13,16H2,(H,25,27). The average molecular weight is 386 g/mol. The summed E-state index contributed by atoms with van der Waals surface area (Å²) < 4.78 is 10.9. The van der Waals surface area contributed by atoms with E-state index >= 15 is 0 Å². The number of nitrogens with zero attached hydrogens (tertiary/aromatic N) is 1. The molecule has 1 N–H and O–H groups in total. The number of benzene rings is 3. The minimum Gasteiger partial charge on any atom is -0.493 e. The topological polar surface area (TPSA) is 50.8 Å². The molecule has 0 aromatic heterocycles. The highest BCUT2D eigenvalue weighted by Gasteiger charge is 2.20. The molecule has 0 spiro atoms. The average Bonchev–Trinajstić information content (AvgIpc) is 3.35. The second-order valence-electron chi connectivity index (χ2n) is 7.38. The van der Waals surface area contributed by atoms with E-state index in [1.165, 1.54) is 16.8 Å². The molecule has 0 saturated heterocycles. The van der Waals surface area contributed by atoms with Gasteiger partial charge in [-0.1, -0.05) is 30.3 Å². The van der Waals surface area contributed by atoms with Gasteiger partial charge in [-0.25, -0.2) is 4.79 Å². The summed E-state index contributed by atoms with van der Waals surface area (Å²) in [6.45, 7) is 2.56. The Labute approximate surface area is 169 Å². The van der Waals surface area contributed by atoms with E-state index in [9.17, 15) is 4.79 Å². The maximum atomic E-state index is 12.3. The second kappa shape index (κ2) is 7.51. The zero-order valence-corrected chi connectivity index (χ0v) is 16.1.